The second-order valence-electron chi connectivity index (χ2n) is 4.14. The number of benzene rings is 2. The Labute approximate surface area is 121 Å². The normalized spacial score (nSPS) is 10.2. The number of halogens is 1. The molecule has 100 valence electrons. The van der Waals surface area contributed by atoms with Crippen LogP contribution >= 0.6 is 15.9 Å². The molecule has 2 aromatic carbocycles. The number of aryl methyl sites for hydroxylation is 1. The van der Waals surface area contributed by atoms with E-state index in [9.17, 15) is 0 Å². The van der Waals surface area contributed by atoms with Crippen LogP contribution in [0.1, 0.15) is 5.56 Å². The van der Waals surface area contributed by atoms with Crippen molar-refractivity contribution in [1.82, 2.24) is 0 Å². The molecule has 0 spiro atoms. The van der Waals surface area contributed by atoms with Crippen LogP contribution in [-0.4, -0.2) is 13.2 Å². The summed E-state index contributed by atoms with van der Waals surface area (Å²) in [7, 11) is 0. The summed E-state index contributed by atoms with van der Waals surface area (Å²) in [6.07, 6.45) is 0. The monoisotopic (exact) mass is 321 g/mol. The Hall–Kier alpha value is -1.68. The molecule has 0 aliphatic rings. The lowest BCUT2D eigenvalue weighted by atomic mass is 10.2. The van der Waals surface area contributed by atoms with Gasteiger partial charge < -0.3 is 15.2 Å². The van der Waals surface area contributed by atoms with Crippen molar-refractivity contribution in [2.45, 2.75) is 6.92 Å². The molecule has 2 rings (SSSR count). The fraction of sp³-hybridized carbons (Fsp3) is 0.200. The van der Waals surface area contributed by atoms with E-state index >= 15 is 0 Å². The first kappa shape index (κ1) is 13.7. The zero-order chi connectivity index (χ0) is 13.7. The van der Waals surface area contributed by atoms with Gasteiger partial charge in [-0.05, 0) is 42.8 Å². The van der Waals surface area contributed by atoms with Gasteiger partial charge in [0.1, 0.15) is 24.7 Å². The third-order valence-corrected chi connectivity index (χ3v) is 3.15. The smallest absolute Gasteiger partial charge is 0.142 e. The lowest BCUT2D eigenvalue weighted by Crippen LogP contribution is -2.10. The summed E-state index contributed by atoms with van der Waals surface area (Å²) >= 11 is 3.42. The van der Waals surface area contributed by atoms with Gasteiger partial charge in [0.05, 0.1) is 5.69 Å². The van der Waals surface area contributed by atoms with Crippen LogP contribution in [0.3, 0.4) is 0 Å². The number of nitrogen functional groups attached to an aromatic ring is 1. The molecule has 0 aliphatic carbocycles. The number of hydrogen-bond donors (Lipinski definition) is 1. The highest BCUT2D eigenvalue weighted by atomic mass is 79.9. The fourth-order valence-electron chi connectivity index (χ4n) is 1.69. The van der Waals surface area contributed by atoms with Crippen molar-refractivity contribution < 1.29 is 9.47 Å². The van der Waals surface area contributed by atoms with Crippen molar-refractivity contribution in [3.05, 3.63) is 52.5 Å². The molecule has 0 aromatic heterocycles. The van der Waals surface area contributed by atoms with Crippen LogP contribution in [0.4, 0.5) is 5.69 Å². The summed E-state index contributed by atoms with van der Waals surface area (Å²) in [6, 6.07) is 13.4. The van der Waals surface area contributed by atoms with Gasteiger partial charge in [0.15, 0.2) is 0 Å². The molecular formula is C15H16BrNO2. The highest BCUT2D eigenvalue weighted by Crippen LogP contribution is 2.22. The van der Waals surface area contributed by atoms with E-state index in [1.165, 1.54) is 0 Å². The topological polar surface area (TPSA) is 44.5 Å². The lowest BCUT2D eigenvalue weighted by Gasteiger charge is -2.11. The van der Waals surface area contributed by atoms with Crippen LogP contribution in [-0.2, 0) is 0 Å². The summed E-state index contributed by atoms with van der Waals surface area (Å²) in [5, 5.41) is 0. The molecule has 0 unspecified atom stereocenters. The van der Waals surface area contributed by atoms with Gasteiger partial charge in [-0.3, -0.25) is 0 Å². The van der Waals surface area contributed by atoms with Gasteiger partial charge >= 0.3 is 0 Å². The van der Waals surface area contributed by atoms with Gasteiger partial charge in [-0.2, -0.15) is 0 Å². The van der Waals surface area contributed by atoms with Crippen LogP contribution in [0.5, 0.6) is 11.5 Å². The van der Waals surface area contributed by atoms with E-state index in [0.717, 1.165) is 15.8 Å². The maximum atomic E-state index is 5.78. The minimum atomic E-state index is 0.462. The van der Waals surface area contributed by atoms with E-state index in [-0.39, 0.29) is 0 Å². The Morgan fingerprint density at radius 2 is 1.68 bits per heavy atom. The van der Waals surface area contributed by atoms with Gasteiger partial charge in [0.25, 0.3) is 0 Å². The van der Waals surface area contributed by atoms with Gasteiger partial charge in [0, 0.05) is 4.47 Å². The molecule has 0 saturated carbocycles. The minimum absolute atomic E-state index is 0.462. The standard InChI is InChI=1S/C15H16BrNO2/c1-11-10-12(16)6-7-14(11)18-8-9-19-15-5-3-2-4-13(15)17/h2-7,10H,8-9,17H2,1H3. The Morgan fingerprint density at radius 3 is 2.37 bits per heavy atom. The van der Waals surface area contributed by atoms with Crippen LogP contribution in [0.25, 0.3) is 0 Å². The van der Waals surface area contributed by atoms with Crippen molar-refractivity contribution in [2.24, 2.45) is 0 Å². The Balaban J connectivity index is 1.83. The fourth-order valence-corrected chi connectivity index (χ4v) is 2.17. The number of nitrogens with two attached hydrogens (primary N) is 1. The van der Waals surface area contributed by atoms with E-state index < -0.39 is 0 Å². The molecule has 2 aromatic rings. The molecule has 2 N–H and O–H groups in total. The van der Waals surface area contributed by atoms with Crippen molar-refractivity contribution >= 4 is 21.6 Å². The molecule has 0 atom stereocenters. The second kappa shape index (κ2) is 6.48. The Bertz CT molecular complexity index is 558. The van der Waals surface area contributed by atoms with Gasteiger partial charge in [-0.1, -0.05) is 28.1 Å². The van der Waals surface area contributed by atoms with E-state index in [4.69, 9.17) is 15.2 Å². The zero-order valence-corrected chi connectivity index (χ0v) is 12.3. The van der Waals surface area contributed by atoms with Crippen molar-refractivity contribution in [1.29, 1.82) is 0 Å². The summed E-state index contributed by atoms with van der Waals surface area (Å²) in [5.41, 5.74) is 7.52. The second-order valence-corrected chi connectivity index (χ2v) is 5.06. The molecule has 0 radical (unpaired) electrons. The largest absolute Gasteiger partial charge is 0.490 e. The van der Waals surface area contributed by atoms with Crippen LogP contribution in [0.2, 0.25) is 0 Å². The van der Waals surface area contributed by atoms with Crippen LogP contribution in [0, 0.1) is 6.92 Å². The lowest BCUT2D eigenvalue weighted by molar-refractivity contribution is 0.217. The number of ether oxygens (including phenoxy) is 2. The van der Waals surface area contributed by atoms with Gasteiger partial charge in [-0.15, -0.1) is 0 Å². The Kier molecular flexibility index (Phi) is 4.68. The molecule has 0 fully saturated rings. The first-order valence-corrected chi connectivity index (χ1v) is 6.82. The van der Waals surface area contributed by atoms with E-state index in [0.29, 0.717) is 24.7 Å². The summed E-state index contributed by atoms with van der Waals surface area (Å²) < 4.78 is 12.3. The molecule has 0 amide bonds. The third kappa shape index (κ3) is 3.89. The molecule has 0 bridgehead atoms. The number of rotatable bonds is 5. The first-order valence-electron chi connectivity index (χ1n) is 6.03. The van der Waals surface area contributed by atoms with Crippen molar-refractivity contribution in [2.75, 3.05) is 18.9 Å². The number of anilines is 1. The predicted octanol–water partition coefficient (Wildman–Crippen LogP) is 3.80. The van der Waals surface area contributed by atoms with E-state index in [1.54, 1.807) is 0 Å². The number of para-hydroxylation sites is 2. The molecular weight excluding hydrogens is 306 g/mol. The summed E-state index contributed by atoms with van der Waals surface area (Å²) in [4.78, 5) is 0. The van der Waals surface area contributed by atoms with E-state index in [2.05, 4.69) is 15.9 Å². The molecule has 0 heterocycles. The SMILES string of the molecule is Cc1cc(Br)ccc1OCCOc1ccccc1N. The molecule has 0 aliphatic heterocycles. The molecule has 0 saturated heterocycles. The maximum Gasteiger partial charge on any atom is 0.142 e. The molecule has 19 heavy (non-hydrogen) atoms. The summed E-state index contributed by atoms with van der Waals surface area (Å²) in [5.74, 6) is 1.56. The van der Waals surface area contributed by atoms with Gasteiger partial charge in [0.2, 0.25) is 0 Å². The van der Waals surface area contributed by atoms with Crippen molar-refractivity contribution in [3.63, 3.8) is 0 Å². The highest BCUT2D eigenvalue weighted by Gasteiger charge is 2.01. The number of hydrogen-bond acceptors (Lipinski definition) is 3. The molecule has 3 nitrogen and oxygen atoms in total. The van der Waals surface area contributed by atoms with Crippen LogP contribution in [0.15, 0.2) is 46.9 Å². The van der Waals surface area contributed by atoms with Gasteiger partial charge in [-0.25, -0.2) is 0 Å². The van der Waals surface area contributed by atoms with Crippen LogP contribution < -0.4 is 15.2 Å². The average molecular weight is 322 g/mol. The highest BCUT2D eigenvalue weighted by molar-refractivity contribution is 9.10. The Morgan fingerprint density at radius 1 is 1.00 bits per heavy atom. The first-order chi connectivity index (χ1) is 9.16. The van der Waals surface area contributed by atoms with E-state index in [1.807, 2.05) is 49.4 Å². The molecule has 4 heteroatoms. The minimum Gasteiger partial charge on any atom is -0.490 e. The summed E-state index contributed by atoms with van der Waals surface area (Å²) in [6.45, 7) is 2.96. The predicted molar refractivity (Wildman–Crippen MR) is 80.7 cm³/mol. The average Bonchev–Trinajstić information content (AvgIpc) is 2.38. The zero-order valence-electron chi connectivity index (χ0n) is 10.7. The third-order valence-electron chi connectivity index (χ3n) is 2.65. The van der Waals surface area contributed by atoms with Crippen molar-refractivity contribution in [3.8, 4) is 11.5 Å². The quantitative estimate of drug-likeness (QED) is 0.673. The maximum absolute atomic E-state index is 5.78.